The first kappa shape index (κ1) is 11.2. The van der Waals surface area contributed by atoms with Gasteiger partial charge in [0.05, 0.1) is 11.9 Å². The molecule has 3 heteroatoms. The summed E-state index contributed by atoms with van der Waals surface area (Å²) >= 11 is 0. The van der Waals surface area contributed by atoms with E-state index in [0.717, 1.165) is 29.9 Å². The number of nitrogens with two attached hydrogens (primary N) is 1. The van der Waals surface area contributed by atoms with Gasteiger partial charge >= 0.3 is 0 Å². The third-order valence-corrected chi connectivity index (χ3v) is 3.49. The SMILES string of the molecule is CC1CCC(CNc2ccc(N)cn2)CC1. The lowest BCUT2D eigenvalue weighted by atomic mass is 9.83. The monoisotopic (exact) mass is 219 g/mol. The minimum atomic E-state index is 0.719. The molecule has 0 aliphatic heterocycles. The van der Waals surface area contributed by atoms with Gasteiger partial charge in [-0.1, -0.05) is 19.8 Å². The zero-order valence-corrected chi connectivity index (χ0v) is 9.95. The number of nitrogen functional groups attached to an aromatic ring is 1. The first-order valence-corrected chi connectivity index (χ1v) is 6.19. The van der Waals surface area contributed by atoms with Crippen LogP contribution in [0.1, 0.15) is 32.6 Å². The Balaban J connectivity index is 1.77. The van der Waals surface area contributed by atoms with Crippen LogP contribution in [0.2, 0.25) is 0 Å². The number of rotatable bonds is 3. The number of aromatic nitrogens is 1. The molecule has 1 aromatic heterocycles. The van der Waals surface area contributed by atoms with Crippen LogP contribution < -0.4 is 11.1 Å². The van der Waals surface area contributed by atoms with Crippen LogP contribution in [0, 0.1) is 11.8 Å². The maximum Gasteiger partial charge on any atom is 0.126 e. The molecule has 0 amide bonds. The third kappa shape index (κ3) is 3.12. The Kier molecular flexibility index (Phi) is 3.65. The highest BCUT2D eigenvalue weighted by molar-refractivity contribution is 5.43. The summed E-state index contributed by atoms with van der Waals surface area (Å²) in [5.74, 6) is 2.68. The van der Waals surface area contributed by atoms with Gasteiger partial charge in [-0.15, -0.1) is 0 Å². The van der Waals surface area contributed by atoms with Crippen molar-refractivity contribution in [2.24, 2.45) is 11.8 Å². The summed E-state index contributed by atoms with van der Waals surface area (Å²) in [4.78, 5) is 4.24. The van der Waals surface area contributed by atoms with Crippen LogP contribution >= 0.6 is 0 Å². The van der Waals surface area contributed by atoms with Crippen LogP contribution in [0.15, 0.2) is 18.3 Å². The molecular formula is C13H21N3. The molecule has 1 fully saturated rings. The second kappa shape index (κ2) is 5.19. The van der Waals surface area contributed by atoms with Crippen molar-refractivity contribution in [1.82, 2.24) is 4.98 Å². The average molecular weight is 219 g/mol. The van der Waals surface area contributed by atoms with E-state index in [1.165, 1.54) is 25.7 Å². The van der Waals surface area contributed by atoms with E-state index in [4.69, 9.17) is 5.73 Å². The van der Waals surface area contributed by atoms with Crippen LogP contribution in [0.25, 0.3) is 0 Å². The van der Waals surface area contributed by atoms with Crippen molar-refractivity contribution in [3.63, 3.8) is 0 Å². The molecule has 0 radical (unpaired) electrons. The Morgan fingerprint density at radius 2 is 2.06 bits per heavy atom. The van der Waals surface area contributed by atoms with E-state index < -0.39 is 0 Å². The Morgan fingerprint density at radius 3 is 2.69 bits per heavy atom. The standard InChI is InChI=1S/C13H21N3/c1-10-2-4-11(5-3-10)8-15-13-7-6-12(14)9-16-13/h6-7,9-11H,2-5,8,14H2,1H3,(H,15,16). The Hall–Kier alpha value is -1.25. The van der Waals surface area contributed by atoms with E-state index in [9.17, 15) is 0 Å². The maximum absolute atomic E-state index is 5.59. The van der Waals surface area contributed by atoms with Gasteiger partial charge in [0.1, 0.15) is 5.82 Å². The van der Waals surface area contributed by atoms with Gasteiger partial charge < -0.3 is 11.1 Å². The normalized spacial score (nSPS) is 25.3. The quantitative estimate of drug-likeness (QED) is 0.821. The summed E-state index contributed by atoms with van der Waals surface area (Å²) < 4.78 is 0. The van der Waals surface area contributed by atoms with E-state index in [2.05, 4.69) is 17.2 Å². The predicted octanol–water partition coefficient (Wildman–Crippen LogP) is 2.90. The first-order chi connectivity index (χ1) is 7.74. The van der Waals surface area contributed by atoms with E-state index in [0.29, 0.717) is 0 Å². The summed E-state index contributed by atoms with van der Waals surface area (Å²) in [6.45, 7) is 3.40. The number of hydrogen-bond donors (Lipinski definition) is 2. The highest BCUT2D eigenvalue weighted by Gasteiger charge is 2.17. The molecule has 0 atom stereocenters. The molecule has 0 unspecified atom stereocenters. The average Bonchev–Trinajstić information content (AvgIpc) is 2.30. The second-order valence-corrected chi connectivity index (χ2v) is 4.98. The fraction of sp³-hybridized carbons (Fsp3) is 0.615. The Labute approximate surface area is 97.5 Å². The van der Waals surface area contributed by atoms with Crippen LogP contribution in [-0.2, 0) is 0 Å². The summed E-state index contributed by atoms with van der Waals surface area (Å²) in [6, 6.07) is 3.83. The third-order valence-electron chi connectivity index (χ3n) is 3.49. The molecule has 3 nitrogen and oxygen atoms in total. The van der Waals surface area contributed by atoms with Gasteiger partial charge in [0.15, 0.2) is 0 Å². The number of pyridine rings is 1. The molecule has 1 heterocycles. The second-order valence-electron chi connectivity index (χ2n) is 4.98. The summed E-state index contributed by atoms with van der Waals surface area (Å²) in [5, 5.41) is 3.39. The fourth-order valence-electron chi connectivity index (χ4n) is 2.29. The number of anilines is 2. The van der Waals surface area contributed by atoms with Gasteiger partial charge in [0.25, 0.3) is 0 Å². The van der Waals surface area contributed by atoms with Gasteiger partial charge in [0, 0.05) is 6.54 Å². The molecule has 1 saturated carbocycles. The van der Waals surface area contributed by atoms with Gasteiger partial charge in [-0.2, -0.15) is 0 Å². The van der Waals surface area contributed by atoms with Crippen molar-refractivity contribution < 1.29 is 0 Å². The Bertz CT molecular complexity index is 312. The van der Waals surface area contributed by atoms with Gasteiger partial charge in [-0.3, -0.25) is 0 Å². The van der Waals surface area contributed by atoms with Crippen LogP contribution in [0.3, 0.4) is 0 Å². The summed E-state index contributed by atoms with van der Waals surface area (Å²) in [5.41, 5.74) is 6.31. The molecule has 3 N–H and O–H groups in total. The van der Waals surface area contributed by atoms with Gasteiger partial charge in [-0.25, -0.2) is 4.98 Å². The van der Waals surface area contributed by atoms with Crippen LogP contribution in [0.5, 0.6) is 0 Å². The van der Waals surface area contributed by atoms with E-state index in [1.54, 1.807) is 6.20 Å². The lowest BCUT2D eigenvalue weighted by molar-refractivity contribution is 0.300. The summed E-state index contributed by atoms with van der Waals surface area (Å²) in [7, 11) is 0. The first-order valence-electron chi connectivity index (χ1n) is 6.19. The molecule has 1 aliphatic rings. The number of nitrogens with zero attached hydrogens (tertiary/aromatic N) is 1. The van der Waals surface area contributed by atoms with Crippen molar-refractivity contribution in [3.05, 3.63) is 18.3 Å². The van der Waals surface area contributed by atoms with Crippen molar-refractivity contribution >= 4 is 11.5 Å². The van der Waals surface area contributed by atoms with E-state index >= 15 is 0 Å². The molecule has 16 heavy (non-hydrogen) atoms. The minimum absolute atomic E-state index is 0.719. The Morgan fingerprint density at radius 1 is 1.31 bits per heavy atom. The largest absolute Gasteiger partial charge is 0.397 e. The smallest absolute Gasteiger partial charge is 0.126 e. The molecule has 1 aliphatic carbocycles. The highest BCUT2D eigenvalue weighted by atomic mass is 15.0. The van der Waals surface area contributed by atoms with Crippen molar-refractivity contribution in [2.45, 2.75) is 32.6 Å². The van der Waals surface area contributed by atoms with Crippen molar-refractivity contribution in [2.75, 3.05) is 17.6 Å². The zero-order chi connectivity index (χ0) is 11.4. The number of nitrogens with one attached hydrogen (secondary N) is 1. The van der Waals surface area contributed by atoms with Crippen LogP contribution in [0.4, 0.5) is 11.5 Å². The predicted molar refractivity (Wildman–Crippen MR) is 68.3 cm³/mol. The zero-order valence-electron chi connectivity index (χ0n) is 9.95. The molecule has 0 aromatic carbocycles. The number of hydrogen-bond acceptors (Lipinski definition) is 3. The molecule has 0 saturated heterocycles. The fourth-order valence-corrected chi connectivity index (χ4v) is 2.29. The molecule has 2 rings (SSSR count). The maximum atomic E-state index is 5.59. The van der Waals surface area contributed by atoms with E-state index in [-0.39, 0.29) is 0 Å². The lowest BCUT2D eigenvalue weighted by Crippen LogP contribution is -2.20. The van der Waals surface area contributed by atoms with Crippen molar-refractivity contribution in [3.8, 4) is 0 Å². The highest BCUT2D eigenvalue weighted by Crippen LogP contribution is 2.28. The van der Waals surface area contributed by atoms with Gasteiger partial charge in [-0.05, 0) is 36.8 Å². The molecule has 0 bridgehead atoms. The molecular weight excluding hydrogens is 198 g/mol. The molecule has 1 aromatic rings. The minimum Gasteiger partial charge on any atom is -0.397 e. The lowest BCUT2D eigenvalue weighted by Gasteiger charge is -2.26. The van der Waals surface area contributed by atoms with E-state index in [1.807, 2.05) is 12.1 Å². The van der Waals surface area contributed by atoms with Crippen LogP contribution in [-0.4, -0.2) is 11.5 Å². The molecule has 0 spiro atoms. The van der Waals surface area contributed by atoms with Crippen molar-refractivity contribution in [1.29, 1.82) is 0 Å². The summed E-state index contributed by atoms with van der Waals surface area (Å²) in [6.07, 6.45) is 7.15. The van der Waals surface area contributed by atoms with Gasteiger partial charge in [0.2, 0.25) is 0 Å². The molecule has 88 valence electrons. The topological polar surface area (TPSA) is 50.9 Å².